The van der Waals surface area contributed by atoms with Crippen LogP contribution >= 0.6 is 8.58 Å². The highest BCUT2D eigenvalue weighted by atomic mass is 31.1. The topological polar surface area (TPSA) is 40.5 Å². The molecule has 2 N–H and O–H groups in total. The van der Waals surface area contributed by atoms with Crippen LogP contribution in [0.5, 0.6) is 11.5 Å². The molecule has 102 valence electrons. The summed E-state index contributed by atoms with van der Waals surface area (Å²) in [7, 11) is 0.565. The zero-order chi connectivity index (χ0) is 13.8. The summed E-state index contributed by atoms with van der Waals surface area (Å²) >= 11 is 0. The largest absolute Gasteiger partial charge is 0.507 e. The van der Waals surface area contributed by atoms with Crippen LogP contribution in [0.15, 0.2) is 24.3 Å². The van der Waals surface area contributed by atoms with E-state index in [0.29, 0.717) is 20.1 Å². The molecule has 0 radical (unpaired) electrons. The smallest absolute Gasteiger partial charge is 0.131 e. The van der Waals surface area contributed by atoms with E-state index in [9.17, 15) is 10.2 Å². The summed E-state index contributed by atoms with van der Waals surface area (Å²) in [6.45, 7) is 4.19. The Balaban J connectivity index is 2.57. The molecule has 2 aromatic carbocycles. The molecule has 1 atom stereocenters. The molecule has 0 fully saturated rings. The Labute approximate surface area is 116 Å². The molecule has 2 aromatic rings. The van der Waals surface area contributed by atoms with Crippen molar-refractivity contribution in [2.24, 2.45) is 0 Å². The minimum atomic E-state index is 0.342. The molecule has 0 aliphatic rings. The predicted octanol–water partition coefficient (Wildman–Crippen LogP) is 3.92. The molecule has 19 heavy (non-hydrogen) atoms. The number of aromatic hydroxyl groups is 2. The van der Waals surface area contributed by atoms with Crippen LogP contribution in [0.1, 0.15) is 32.3 Å². The van der Waals surface area contributed by atoms with Gasteiger partial charge in [-0.25, -0.2) is 0 Å². The van der Waals surface area contributed by atoms with E-state index in [4.69, 9.17) is 0 Å². The summed E-state index contributed by atoms with van der Waals surface area (Å²) < 4.78 is 0. The van der Waals surface area contributed by atoms with Crippen LogP contribution in [-0.2, 0) is 6.42 Å². The quantitative estimate of drug-likeness (QED) is 0.493. The van der Waals surface area contributed by atoms with Gasteiger partial charge in [0.15, 0.2) is 0 Å². The number of unbranched alkanes of at least 4 members (excludes halogenated alkanes) is 1. The lowest BCUT2D eigenvalue weighted by Crippen LogP contribution is -2.06. The van der Waals surface area contributed by atoms with Crippen molar-refractivity contribution in [2.45, 2.75) is 33.1 Å². The van der Waals surface area contributed by atoms with E-state index in [1.165, 1.54) is 0 Å². The van der Waals surface area contributed by atoms with Crippen molar-refractivity contribution < 1.29 is 10.2 Å². The summed E-state index contributed by atoms with van der Waals surface area (Å²) in [6.07, 6.45) is 4.15. The van der Waals surface area contributed by atoms with Gasteiger partial charge in [0.2, 0.25) is 0 Å². The van der Waals surface area contributed by atoms with Crippen molar-refractivity contribution in [1.29, 1.82) is 0 Å². The summed E-state index contributed by atoms with van der Waals surface area (Å²) in [6, 6.07) is 7.52. The molecule has 0 amide bonds. The van der Waals surface area contributed by atoms with Crippen LogP contribution in [0.25, 0.3) is 10.8 Å². The second kappa shape index (κ2) is 6.25. The normalized spacial score (nSPS) is 11.7. The second-order valence-electron chi connectivity index (χ2n) is 4.73. The molecular formula is C16H21O2P. The van der Waals surface area contributed by atoms with E-state index >= 15 is 0 Å². The van der Waals surface area contributed by atoms with Gasteiger partial charge >= 0.3 is 0 Å². The van der Waals surface area contributed by atoms with Gasteiger partial charge in [0, 0.05) is 21.6 Å². The van der Waals surface area contributed by atoms with Crippen LogP contribution in [0, 0.1) is 0 Å². The summed E-state index contributed by atoms with van der Waals surface area (Å²) in [5, 5.41) is 23.3. The predicted molar refractivity (Wildman–Crippen MR) is 84.4 cm³/mol. The standard InChI is InChI=1S/C16H21O2P/c1-3-5-10-19-16-11(4-2)14(17)12-8-6-7-9-13(12)15(16)18/h6-9,17-19H,3-5,10H2,1-2H3. The van der Waals surface area contributed by atoms with Gasteiger partial charge in [-0.2, -0.15) is 0 Å². The van der Waals surface area contributed by atoms with Gasteiger partial charge in [0.1, 0.15) is 11.5 Å². The molecule has 2 nitrogen and oxygen atoms in total. The van der Waals surface area contributed by atoms with Gasteiger partial charge in [0.25, 0.3) is 0 Å². The highest BCUT2D eigenvalue weighted by molar-refractivity contribution is 7.47. The lowest BCUT2D eigenvalue weighted by atomic mass is 10.0. The molecule has 0 spiro atoms. The maximum Gasteiger partial charge on any atom is 0.131 e. The minimum Gasteiger partial charge on any atom is -0.507 e. The zero-order valence-corrected chi connectivity index (χ0v) is 12.5. The maximum absolute atomic E-state index is 10.5. The molecule has 0 saturated carbocycles. The molecule has 2 rings (SSSR count). The molecule has 0 bridgehead atoms. The summed E-state index contributed by atoms with van der Waals surface area (Å²) in [5.74, 6) is 0.703. The van der Waals surface area contributed by atoms with E-state index in [1.807, 2.05) is 31.2 Å². The van der Waals surface area contributed by atoms with Crippen molar-refractivity contribution in [3.8, 4) is 11.5 Å². The van der Waals surface area contributed by atoms with E-state index in [-0.39, 0.29) is 0 Å². The van der Waals surface area contributed by atoms with Gasteiger partial charge < -0.3 is 10.2 Å². The number of hydrogen-bond donors (Lipinski definition) is 2. The van der Waals surface area contributed by atoms with Crippen molar-refractivity contribution in [3.63, 3.8) is 0 Å². The highest BCUT2D eigenvalue weighted by Crippen LogP contribution is 2.37. The zero-order valence-electron chi connectivity index (χ0n) is 11.5. The molecule has 0 heterocycles. The average molecular weight is 276 g/mol. The Morgan fingerprint density at radius 3 is 2.21 bits per heavy atom. The fourth-order valence-electron chi connectivity index (χ4n) is 2.38. The lowest BCUT2D eigenvalue weighted by molar-refractivity contribution is 0.467. The van der Waals surface area contributed by atoms with Crippen molar-refractivity contribution in [3.05, 3.63) is 29.8 Å². The highest BCUT2D eigenvalue weighted by Gasteiger charge is 2.16. The molecule has 1 unspecified atom stereocenters. The Morgan fingerprint density at radius 2 is 1.63 bits per heavy atom. The molecule has 0 aliphatic heterocycles. The second-order valence-corrected chi connectivity index (χ2v) is 6.08. The van der Waals surface area contributed by atoms with E-state index in [0.717, 1.165) is 47.1 Å². The van der Waals surface area contributed by atoms with Crippen molar-refractivity contribution >= 4 is 24.7 Å². The number of rotatable bonds is 5. The number of hydrogen-bond acceptors (Lipinski definition) is 2. The number of phenolic OH excluding ortho intramolecular Hbond substituents is 2. The minimum absolute atomic E-state index is 0.342. The van der Waals surface area contributed by atoms with Gasteiger partial charge in [-0.05, 0) is 19.0 Å². The monoisotopic (exact) mass is 276 g/mol. The summed E-state index contributed by atoms with van der Waals surface area (Å²) in [4.78, 5) is 0. The van der Waals surface area contributed by atoms with Crippen LogP contribution in [0.2, 0.25) is 0 Å². The Kier molecular flexibility index (Phi) is 4.66. The van der Waals surface area contributed by atoms with Gasteiger partial charge in [-0.3, -0.25) is 0 Å². The molecular weight excluding hydrogens is 255 g/mol. The number of phenols is 2. The van der Waals surface area contributed by atoms with Crippen LogP contribution < -0.4 is 5.30 Å². The first-order chi connectivity index (χ1) is 9.20. The van der Waals surface area contributed by atoms with Crippen LogP contribution in [-0.4, -0.2) is 16.4 Å². The first-order valence-electron chi connectivity index (χ1n) is 6.90. The van der Waals surface area contributed by atoms with Crippen LogP contribution in [0.3, 0.4) is 0 Å². The van der Waals surface area contributed by atoms with Crippen molar-refractivity contribution in [1.82, 2.24) is 0 Å². The number of benzene rings is 2. The maximum atomic E-state index is 10.5. The molecule has 0 aromatic heterocycles. The summed E-state index contributed by atoms with van der Waals surface area (Å²) in [5.41, 5.74) is 0.908. The van der Waals surface area contributed by atoms with Gasteiger partial charge in [-0.1, -0.05) is 53.1 Å². The first kappa shape index (κ1) is 14.1. The molecule has 3 heteroatoms. The Morgan fingerprint density at radius 1 is 1.00 bits per heavy atom. The van der Waals surface area contributed by atoms with Crippen molar-refractivity contribution in [2.75, 3.05) is 6.16 Å². The van der Waals surface area contributed by atoms with E-state index < -0.39 is 0 Å². The van der Waals surface area contributed by atoms with E-state index in [1.54, 1.807) is 0 Å². The molecule has 0 saturated heterocycles. The average Bonchev–Trinajstić information content (AvgIpc) is 2.44. The van der Waals surface area contributed by atoms with E-state index in [2.05, 4.69) is 6.92 Å². The third kappa shape index (κ3) is 2.69. The number of fused-ring (bicyclic) bond motifs is 1. The third-order valence-corrected chi connectivity index (χ3v) is 4.94. The first-order valence-corrected chi connectivity index (χ1v) is 8.10. The fourth-order valence-corrected chi connectivity index (χ4v) is 3.97. The fraction of sp³-hybridized carbons (Fsp3) is 0.375. The van der Waals surface area contributed by atoms with Gasteiger partial charge in [-0.15, -0.1) is 0 Å². The lowest BCUT2D eigenvalue weighted by Gasteiger charge is -2.15. The SMILES string of the molecule is CCCCPc1c(CC)c(O)c2ccccc2c1O. The third-order valence-electron chi connectivity index (χ3n) is 3.45. The Hall–Kier alpha value is -1.27. The van der Waals surface area contributed by atoms with Crippen LogP contribution in [0.4, 0.5) is 0 Å². The Bertz CT molecular complexity index is 578. The molecule has 0 aliphatic carbocycles. The van der Waals surface area contributed by atoms with Gasteiger partial charge in [0.05, 0.1) is 0 Å².